The van der Waals surface area contributed by atoms with Crippen molar-refractivity contribution in [3.63, 3.8) is 0 Å². The van der Waals surface area contributed by atoms with Crippen molar-refractivity contribution in [1.82, 2.24) is 4.98 Å². The van der Waals surface area contributed by atoms with Gasteiger partial charge < -0.3 is 5.32 Å². The lowest BCUT2D eigenvalue weighted by atomic mass is 10.2. The van der Waals surface area contributed by atoms with Crippen LogP contribution in [0.1, 0.15) is 19.4 Å². The minimum absolute atomic E-state index is 0.508. The maximum absolute atomic E-state index is 5.77. The van der Waals surface area contributed by atoms with Gasteiger partial charge in [-0.1, -0.05) is 19.9 Å². The third-order valence-corrected chi connectivity index (χ3v) is 2.00. The minimum atomic E-state index is 0.508. The van der Waals surface area contributed by atoms with Gasteiger partial charge in [-0.25, -0.2) is 4.98 Å². The minimum Gasteiger partial charge on any atom is -0.370 e. The number of rotatable bonds is 4. The van der Waals surface area contributed by atoms with Crippen LogP contribution in [0.15, 0.2) is 18.3 Å². The molecule has 1 rings (SSSR count). The second-order valence-corrected chi connectivity index (χ2v) is 3.69. The summed E-state index contributed by atoms with van der Waals surface area (Å²) in [5.41, 5.74) is 1.06. The molecule has 0 bridgehead atoms. The molecule has 1 aromatic heterocycles. The summed E-state index contributed by atoms with van der Waals surface area (Å²) in [6, 6.07) is 3.89. The first-order valence-electron chi connectivity index (χ1n) is 4.47. The predicted molar refractivity (Wildman–Crippen MR) is 57.1 cm³/mol. The van der Waals surface area contributed by atoms with Crippen LogP contribution in [0.25, 0.3) is 0 Å². The van der Waals surface area contributed by atoms with Crippen molar-refractivity contribution in [2.45, 2.75) is 19.7 Å². The first-order valence-corrected chi connectivity index (χ1v) is 5.01. The van der Waals surface area contributed by atoms with Crippen LogP contribution in [0.4, 0.5) is 5.82 Å². The zero-order valence-corrected chi connectivity index (χ0v) is 8.80. The number of nitrogens with zero attached hydrogens (tertiary/aromatic N) is 1. The van der Waals surface area contributed by atoms with Gasteiger partial charge in [0.15, 0.2) is 0 Å². The maximum Gasteiger partial charge on any atom is 0.130 e. The van der Waals surface area contributed by atoms with E-state index in [1.807, 2.05) is 12.1 Å². The second-order valence-electron chi connectivity index (χ2n) is 3.42. The van der Waals surface area contributed by atoms with Crippen molar-refractivity contribution in [1.29, 1.82) is 0 Å². The lowest BCUT2D eigenvalue weighted by Crippen LogP contribution is -2.10. The van der Waals surface area contributed by atoms with E-state index in [0.717, 1.165) is 17.9 Å². The third-order valence-electron chi connectivity index (χ3n) is 1.71. The van der Waals surface area contributed by atoms with Gasteiger partial charge in [-0.2, -0.15) is 0 Å². The highest BCUT2D eigenvalue weighted by Crippen LogP contribution is 2.13. The summed E-state index contributed by atoms with van der Waals surface area (Å²) in [4.78, 5) is 4.23. The molecule has 0 atom stereocenters. The average molecular weight is 199 g/mol. The Bertz CT molecular complexity index is 261. The Balaban J connectivity index is 2.64. The third kappa shape index (κ3) is 3.23. The Morgan fingerprint density at radius 3 is 2.92 bits per heavy atom. The summed E-state index contributed by atoms with van der Waals surface area (Å²) in [6.45, 7) is 5.26. The van der Waals surface area contributed by atoms with Gasteiger partial charge in [0.25, 0.3) is 0 Å². The highest BCUT2D eigenvalue weighted by Gasteiger charge is 2.01. The summed E-state index contributed by atoms with van der Waals surface area (Å²) in [5.74, 6) is 2.03. The van der Waals surface area contributed by atoms with E-state index in [4.69, 9.17) is 11.6 Å². The average Bonchev–Trinajstić information content (AvgIpc) is 2.15. The summed E-state index contributed by atoms with van der Waals surface area (Å²) >= 11 is 5.77. The van der Waals surface area contributed by atoms with E-state index in [2.05, 4.69) is 24.1 Å². The van der Waals surface area contributed by atoms with Gasteiger partial charge in [0, 0.05) is 18.3 Å². The van der Waals surface area contributed by atoms with Crippen LogP contribution >= 0.6 is 11.6 Å². The Morgan fingerprint density at radius 2 is 2.31 bits per heavy atom. The topological polar surface area (TPSA) is 24.9 Å². The highest BCUT2D eigenvalue weighted by atomic mass is 35.5. The molecule has 0 aromatic carbocycles. The fraction of sp³-hybridized carbons (Fsp3) is 0.500. The molecule has 0 amide bonds. The van der Waals surface area contributed by atoms with Crippen molar-refractivity contribution in [2.75, 3.05) is 11.9 Å². The zero-order chi connectivity index (χ0) is 9.68. The second kappa shape index (κ2) is 5.07. The molecule has 0 radical (unpaired) electrons. The molecule has 0 saturated heterocycles. The fourth-order valence-electron chi connectivity index (χ4n) is 1.01. The van der Waals surface area contributed by atoms with Gasteiger partial charge in [-0.3, -0.25) is 0 Å². The number of hydrogen-bond donors (Lipinski definition) is 1. The standard InChI is InChI=1S/C10H15ClN2/c1-8(2)7-13-10-9(6-11)4-3-5-12-10/h3-5,8H,6-7H2,1-2H3,(H,12,13). The monoisotopic (exact) mass is 198 g/mol. The summed E-state index contributed by atoms with van der Waals surface area (Å²) < 4.78 is 0. The van der Waals surface area contributed by atoms with E-state index in [1.54, 1.807) is 6.20 Å². The van der Waals surface area contributed by atoms with Gasteiger partial charge in [-0.15, -0.1) is 11.6 Å². The van der Waals surface area contributed by atoms with Crippen LogP contribution in [0.2, 0.25) is 0 Å². The van der Waals surface area contributed by atoms with E-state index < -0.39 is 0 Å². The number of aromatic nitrogens is 1. The lowest BCUT2D eigenvalue weighted by Gasteiger charge is -2.10. The largest absolute Gasteiger partial charge is 0.370 e. The van der Waals surface area contributed by atoms with E-state index in [9.17, 15) is 0 Å². The van der Waals surface area contributed by atoms with Crippen molar-refractivity contribution in [3.05, 3.63) is 23.9 Å². The molecule has 13 heavy (non-hydrogen) atoms. The zero-order valence-electron chi connectivity index (χ0n) is 8.05. The molecule has 0 saturated carbocycles. The van der Waals surface area contributed by atoms with Crippen molar-refractivity contribution < 1.29 is 0 Å². The quantitative estimate of drug-likeness (QED) is 0.753. The van der Waals surface area contributed by atoms with Gasteiger partial charge in [0.2, 0.25) is 0 Å². The molecule has 1 heterocycles. The molecular weight excluding hydrogens is 184 g/mol. The molecule has 0 aliphatic carbocycles. The number of hydrogen-bond acceptors (Lipinski definition) is 2. The Morgan fingerprint density at radius 1 is 1.54 bits per heavy atom. The maximum atomic E-state index is 5.77. The molecule has 3 heteroatoms. The summed E-state index contributed by atoms with van der Waals surface area (Å²) in [5, 5.41) is 3.27. The van der Waals surface area contributed by atoms with Gasteiger partial charge in [-0.05, 0) is 12.0 Å². The van der Waals surface area contributed by atoms with Crippen LogP contribution in [0.3, 0.4) is 0 Å². The van der Waals surface area contributed by atoms with Gasteiger partial charge in [0.1, 0.15) is 5.82 Å². The normalized spacial score (nSPS) is 10.5. The summed E-state index contributed by atoms with van der Waals surface area (Å²) in [6.07, 6.45) is 1.78. The molecule has 72 valence electrons. The van der Waals surface area contributed by atoms with Crippen molar-refractivity contribution in [2.24, 2.45) is 5.92 Å². The van der Waals surface area contributed by atoms with Gasteiger partial charge in [0.05, 0.1) is 5.88 Å². The van der Waals surface area contributed by atoms with Crippen LogP contribution in [-0.2, 0) is 5.88 Å². The van der Waals surface area contributed by atoms with Crippen LogP contribution in [-0.4, -0.2) is 11.5 Å². The van der Waals surface area contributed by atoms with Crippen LogP contribution in [0.5, 0.6) is 0 Å². The Labute approximate surface area is 84.3 Å². The van der Waals surface area contributed by atoms with Crippen molar-refractivity contribution >= 4 is 17.4 Å². The SMILES string of the molecule is CC(C)CNc1ncccc1CCl. The van der Waals surface area contributed by atoms with Crippen molar-refractivity contribution in [3.8, 4) is 0 Å². The molecule has 0 aliphatic rings. The van der Waals surface area contributed by atoms with Gasteiger partial charge >= 0.3 is 0 Å². The van der Waals surface area contributed by atoms with E-state index >= 15 is 0 Å². The molecule has 1 N–H and O–H groups in total. The number of alkyl halides is 1. The van der Waals surface area contributed by atoms with E-state index in [0.29, 0.717) is 11.8 Å². The number of halogens is 1. The highest BCUT2D eigenvalue weighted by molar-refractivity contribution is 6.17. The summed E-state index contributed by atoms with van der Waals surface area (Å²) in [7, 11) is 0. The van der Waals surface area contributed by atoms with E-state index in [-0.39, 0.29) is 0 Å². The van der Waals surface area contributed by atoms with E-state index in [1.165, 1.54) is 0 Å². The number of pyridine rings is 1. The predicted octanol–water partition coefficient (Wildman–Crippen LogP) is 2.89. The molecule has 0 fully saturated rings. The first-order chi connectivity index (χ1) is 6.24. The lowest BCUT2D eigenvalue weighted by molar-refractivity contribution is 0.686. The molecule has 2 nitrogen and oxygen atoms in total. The Hall–Kier alpha value is -0.760. The fourth-order valence-corrected chi connectivity index (χ4v) is 1.22. The Kier molecular flexibility index (Phi) is 4.03. The number of nitrogens with one attached hydrogen (secondary N) is 1. The molecule has 0 spiro atoms. The molecule has 0 aliphatic heterocycles. The number of anilines is 1. The van der Waals surface area contributed by atoms with Crippen LogP contribution < -0.4 is 5.32 Å². The van der Waals surface area contributed by atoms with Crippen LogP contribution in [0, 0.1) is 5.92 Å². The molecule has 0 unspecified atom stereocenters. The molecular formula is C10H15ClN2. The first kappa shape index (κ1) is 10.3. The molecule has 1 aromatic rings. The smallest absolute Gasteiger partial charge is 0.130 e.